The Hall–Kier alpha value is -3.54. The van der Waals surface area contributed by atoms with Crippen molar-refractivity contribution in [3.8, 4) is 0 Å². The number of benzene rings is 4. The molecule has 1 aromatic heterocycles. The van der Waals surface area contributed by atoms with Crippen molar-refractivity contribution in [1.29, 1.82) is 0 Å². The Kier molecular flexibility index (Phi) is 9.31. The van der Waals surface area contributed by atoms with E-state index in [1.54, 1.807) is 20.8 Å². The first-order valence-electron chi connectivity index (χ1n) is 24.3. The van der Waals surface area contributed by atoms with Gasteiger partial charge >= 0.3 is 0 Å². The van der Waals surface area contributed by atoms with Crippen LogP contribution >= 0.6 is 11.3 Å². The number of anilines is 6. The minimum atomic E-state index is 0.0159. The minimum absolute atomic E-state index is 0.0159. The highest BCUT2D eigenvalue weighted by atomic mass is 32.1. The lowest BCUT2D eigenvalue weighted by Crippen LogP contribution is -2.61. The molecule has 3 heterocycles. The van der Waals surface area contributed by atoms with Crippen LogP contribution in [0.2, 0.25) is 6.55 Å². The molecule has 2 aliphatic heterocycles. The van der Waals surface area contributed by atoms with Crippen molar-refractivity contribution < 1.29 is 0 Å². The van der Waals surface area contributed by atoms with Gasteiger partial charge in [0.2, 0.25) is 0 Å². The van der Waals surface area contributed by atoms with Crippen molar-refractivity contribution in [2.24, 2.45) is 0 Å². The van der Waals surface area contributed by atoms with Crippen molar-refractivity contribution >= 4 is 82.6 Å². The maximum absolute atomic E-state index is 2.81. The molecule has 0 saturated heterocycles. The van der Waals surface area contributed by atoms with Crippen LogP contribution in [-0.2, 0) is 37.9 Å². The fourth-order valence-corrected chi connectivity index (χ4v) is 15.2. The largest absolute Gasteiger partial charge is 0.311 e. The number of rotatable bonds is 3. The number of hydrogen-bond donors (Lipinski definition) is 0. The minimum Gasteiger partial charge on any atom is -0.311 e. The molecule has 5 aromatic rings. The molecule has 2 nitrogen and oxygen atoms in total. The van der Waals surface area contributed by atoms with Gasteiger partial charge in [-0.1, -0.05) is 141 Å². The van der Waals surface area contributed by atoms with E-state index in [0.717, 1.165) is 0 Å². The third-order valence-corrected chi connectivity index (χ3v) is 19.7. The summed E-state index contributed by atoms with van der Waals surface area (Å²) in [5, 5.41) is 1.46. The molecule has 10 rings (SSSR count). The Morgan fingerprint density at radius 2 is 1.11 bits per heavy atom. The zero-order valence-corrected chi connectivity index (χ0v) is 43.7. The van der Waals surface area contributed by atoms with E-state index >= 15 is 0 Å². The van der Waals surface area contributed by atoms with Crippen LogP contribution < -0.4 is 30.7 Å². The van der Waals surface area contributed by atoms with E-state index in [0.29, 0.717) is 9.52 Å². The highest BCUT2D eigenvalue weighted by Crippen LogP contribution is 2.58. The lowest BCUT2D eigenvalue weighted by atomic mass is 9.35. The topological polar surface area (TPSA) is 6.48 Å². The van der Waals surface area contributed by atoms with Gasteiger partial charge in [-0.3, -0.25) is 0 Å². The number of thiophene rings is 1. The van der Waals surface area contributed by atoms with Gasteiger partial charge in [-0.15, -0.1) is 0 Å². The second-order valence-electron chi connectivity index (χ2n) is 25.5. The van der Waals surface area contributed by atoms with Crippen molar-refractivity contribution in [2.45, 2.75) is 194 Å². The number of nitrogens with zero attached hydrogens (tertiary/aromatic N) is 2. The molecule has 63 heavy (non-hydrogen) atoms. The quantitative estimate of drug-likeness (QED) is 0.163. The van der Waals surface area contributed by atoms with Crippen molar-refractivity contribution in [3.63, 3.8) is 0 Å². The molecular formula is C58H73BN2SSi. The van der Waals surface area contributed by atoms with Crippen LogP contribution in [0.4, 0.5) is 34.1 Å². The van der Waals surface area contributed by atoms with Crippen LogP contribution in [0.5, 0.6) is 0 Å². The van der Waals surface area contributed by atoms with Gasteiger partial charge in [0.05, 0.1) is 15.2 Å². The van der Waals surface area contributed by atoms with E-state index < -0.39 is 0 Å². The predicted molar refractivity (Wildman–Crippen MR) is 279 cm³/mol. The maximum Gasteiger partial charge on any atom is 0.264 e. The summed E-state index contributed by atoms with van der Waals surface area (Å²) in [4.78, 5) is 7.21. The van der Waals surface area contributed by atoms with Gasteiger partial charge in [0, 0.05) is 38.1 Å². The lowest BCUT2D eigenvalue weighted by molar-refractivity contribution is 0.331. The first-order chi connectivity index (χ1) is 29.2. The molecule has 328 valence electrons. The average Bonchev–Trinajstić information content (AvgIpc) is 3.62. The molecule has 3 aliphatic carbocycles. The summed E-state index contributed by atoms with van der Waals surface area (Å²) in [7, 11) is 0.677. The van der Waals surface area contributed by atoms with Crippen LogP contribution in [0, 0.1) is 6.92 Å². The van der Waals surface area contributed by atoms with Gasteiger partial charge in [-0.25, -0.2) is 0 Å². The Labute approximate surface area is 388 Å². The van der Waals surface area contributed by atoms with Crippen LogP contribution in [0.3, 0.4) is 0 Å². The second-order valence-corrected chi connectivity index (χ2v) is 27.6. The lowest BCUT2D eigenvalue weighted by Gasteiger charge is -2.50. The predicted octanol–water partition coefficient (Wildman–Crippen LogP) is 13.9. The van der Waals surface area contributed by atoms with Gasteiger partial charge in [0.15, 0.2) is 0 Å². The molecule has 0 fully saturated rings. The zero-order chi connectivity index (χ0) is 45.4. The third kappa shape index (κ3) is 6.27. The van der Waals surface area contributed by atoms with Gasteiger partial charge in [0.25, 0.3) is 6.71 Å². The second kappa shape index (κ2) is 13.5. The number of hydrogen-bond acceptors (Lipinski definition) is 3. The molecule has 5 aliphatic rings. The van der Waals surface area contributed by atoms with Gasteiger partial charge < -0.3 is 9.80 Å². The zero-order valence-electron chi connectivity index (χ0n) is 41.9. The molecule has 0 bridgehead atoms. The van der Waals surface area contributed by atoms with Crippen LogP contribution in [0.15, 0.2) is 60.7 Å². The third-order valence-electron chi connectivity index (χ3n) is 17.1. The molecule has 0 N–H and O–H groups in total. The summed E-state index contributed by atoms with van der Waals surface area (Å²) in [6.07, 6.45) is 7.21. The normalized spacial score (nSPS) is 21.4. The summed E-state index contributed by atoms with van der Waals surface area (Å²) in [5.74, 6) is 0. The first kappa shape index (κ1) is 43.4. The molecule has 0 amide bonds. The smallest absolute Gasteiger partial charge is 0.264 e. The summed E-state index contributed by atoms with van der Waals surface area (Å²) in [5.41, 5.74) is 22.4. The summed E-state index contributed by atoms with van der Waals surface area (Å²) >= 11 is 2.17. The highest BCUT2D eigenvalue weighted by Gasteiger charge is 2.53. The van der Waals surface area contributed by atoms with Crippen LogP contribution in [0.25, 0.3) is 0 Å². The molecule has 5 heteroatoms. The standard InChI is InChI=1S/C58H73BN2SSi/c1-34-30-42-47-43(31-34)61(41-23-18-35(52(2,3)4)32-44(41)63-17)49-46-50(58(15,16)29-28-57(46,13)14)62-51(49)59(47)40-22-21-38-45(56(11,12)27-26-54(38,7)8)48(40)60(42)36-19-20-37-39(33-36)55(9,10)25-24-53(37,5)6/h18-23,30-33H,24-29H2,1-17H3. The molecule has 4 aromatic carbocycles. The van der Waals surface area contributed by atoms with E-state index in [1.165, 1.54) is 117 Å². The highest BCUT2D eigenvalue weighted by molar-refractivity contribution is 7.29. The molecule has 2 radical (unpaired) electrons. The van der Waals surface area contributed by atoms with Gasteiger partial charge in [-0.2, -0.15) is 11.3 Å². The summed E-state index contributed by atoms with van der Waals surface area (Å²) < 4.78 is 1.55. The van der Waals surface area contributed by atoms with Crippen molar-refractivity contribution in [3.05, 3.63) is 104 Å². The van der Waals surface area contributed by atoms with E-state index in [-0.39, 0.29) is 44.6 Å². The van der Waals surface area contributed by atoms with Crippen LogP contribution in [-0.4, -0.2) is 16.2 Å². The first-order valence-corrected chi connectivity index (χ1v) is 26.6. The Morgan fingerprint density at radius 3 is 1.75 bits per heavy atom. The van der Waals surface area contributed by atoms with E-state index in [4.69, 9.17) is 0 Å². The van der Waals surface area contributed by atoms with Crippen LogP contribution in [0.1, 0.15) is 186 Å². The van der Waals surface area contributed by atoms with Crippen molar-refractivity contribution in [2.75, 3.05) is 9.80 Å². The van der Waals surface area contributed by atoms with Crippen molar-refractivity contribution in [1.82, 2.24) is 0 Å². The Morgan fingerprint density at radius 1 is 0.556 bits per heavy atom. The Bertz CT molecular complexity index is 2750. The van der Waals surface area contributed by atoms with Gasteiger partial charge in [-0.05, 0) is 169 Å². The molecule has 0 spiro atoms. The Balaban J connectivity index is 1.37. The fraction of sp³-hybridized carbons (Fsp3) is 0.517. The monoisotopic (exact) mass is 869 g/mol. The fourth-order valence-electron chi connectivity index (χ4n) is 12.8. The van der Waals surface area contributed by atoms with E-state index in [1.807, 2.05) is 0 Å². The molecular weight excluding hydrogens is 796 g/mol. The van der Waals surface area contributed by atoms with E-state index in [2.05, 4.69) is 199 Å². The average molecular weight is 869 g/mol. The number of aryl methyl sites for hydroxylation is 1. The number of fused-ring (bicyclic) bond motifs is 9. The molecule has 0 unspecified atom stereocenters. The molecule has 0 atom stereocenters. The molecule has 0 saturated carbocycles. The SMILES string of the molecule is C[Si]c1cc(C(C)(C)C)ccc1N1c2cc(C)cc3c2B(c2ccc4c(c2N3c2ccc3c(c2)C(C)(C)CCC3(C)C)C(C)(C)CCC4(C)C)c2sc3c(c21)C(C)(C)CCC3(C)C. The maximum atomic E-state index is 2.81. The summed E-state index contributed by atoms with van der Waals surface area (Å²) in [6, 6.07) is 25.5. The van der Waals surface area contributed by atoms with Gasteiger partial charge in [0.1, 0.15) is 0 Å². The summed E-state index contributed by atoms with van der Waals surface area (Å²) in [6.45, 7) is 42.2. The van der Waals surface area contributed by atoms with E-state index in [9.17, 15) is 0 Å².